The summed E-state index contributed by atoms with van der Waals surface area (Å²) in [5.74, 6) is 5.59. The van der Waals surface area contributed by atoms with Crippen molar-refractivity contribution in [1.29, 1.82) is 0 Å². The Bertz CT molecular complexity index is 5940. The summed E-state index contributed by atoms with van der Waals surface area (Å²) in [6.07, 6.45) is 4.76. The number of thiazole rings is 3. The molecule has 0 radical (unpaired) electrons. The second-order valence-electron chi connectivity index (χ2n) is 28.1. The molecule has 0 aliphatic carbocycles. The lowest BCUT2D eigenvalue weighted by atomic mass is 10.1. The number of methoxy groups -OCH3 is 5. The van der Waals surface area contributed by atoms with Gasteiger partial charge in [0.15, 0.2) is 15.4 Å². The van der Waals surface area contributed by atoms with Crippen molar-refractivity contribution in [2.75, 3.05) is 169 Å². The number of aromatic hydroxyl groups is 1. The van der Waals surface area contributed by atoms with Crippen molar-refractivity contribution in [3.8, 4) is 46.0 Å². The van der Waals surface area contributed by atoms with Gasteiger partial charge >= 0.3 is 0 Å². The van der Waals surface area contributed by atoms with Gasteiger partial charge in [0.2, 0.25) is 0 Å². The fourth-order valence-corrected chi connectivity index (χ4v) is 19.9. The molecule has 3 aliphatic heterocycles. The maximum Gasteiger partial charge on any atom is 0.266 e. The first kappa shape index (κ1) is 104. The van der Waals surface area contributed by atoms with E-state index in [4.69, 9.17) is 68.8 Å². The van der Waals surface area contributed by atoms with Gasteiger partial charge in [0, 0.05) is 101 Å². The zero-order chi connectivity index (χ0) is 94.1. The zero-order valence-electron chi connectivity index (χ0n) is 73.4. The number of phenols is 1. The van der Waals surface area contributed by atoms with Crippen molar-refractivity contribution in [3.63, 3.8) is 0 Å². The van der Waals surface area contributed by atoms with E-state index in [-0.39, 0.29) is 33.5 Å². The van der Waals surface area contributed by atoms with Gasteiger partial charge in [-0.05, 0) is 170 Å². The van der Waals surface area contributed by atoms with Crippen LogP contribution in [-0.2, 0) is 66.8 Å². The number of aryl methyl sites for hydroxylation is 2. The van der Waals surface area contributed by atoms with Gasteiger partial charge in [-0.3, -0.25) is 4.72 Å². The van der Waals surface area contributed by atoms with Gasteiger partial charge in [-0.15, -0.1) is 45.6 Å². The smallest absolute Gasteiger partial charge is 0.266 e. The summed E-state index contributed by atoms with van der Waals surface area (Å²) in [6, 6.07) is 68.4. The van der Waals surface area contributed by atoms with E-state index >= 15 is 0 Å². The molecular formula is C94H103Br3ClN9O19S6. The molecule has 0 bridgehead atoms. The molecule has 0 spiro atoms. The number of hydrogen-bond acceptors (Lipinski definition) is 28. The molecule has 132 heavy (non-hydrogen) atoms. The Hall–Kier alpha value is -10.3. The van der Waals surface area contributed by atoms with E-state index in [1.165, 1.54) is 48.7 Å². The summed E-state index contributed by atoms with van der Waals surface area (Å²) in [5.41, 5.74) is 8.13. The van der Waals surface area contributed by atoms with Gasteiger partial charge in [-0.2, -0.15) is 0 Å². The molecule has 0 amide bonds. The summed E-state index contributed by atoms with van der Waals surface area (Å²) >= 11 is 18.9. The van der Waals surface area contributed by atoms with Crippen molar-refractivity contribution < 1.29 is 87.2 Å². The third kappa shape index (κ3) is 31.1. The van der Waals surface area contributed by atoms with Crippen LogP contribution in [0.25, 0.3) is 0 Å². The summed E-state index contributed by atoms with van der Waals surface area (Å²) in [5, 5.41) is 18.5. The Morgan fingerprint density at radius 1 is 0.432 bits per heavy atom. The fourth-order valence-electron chi connectivity index (χ4n) is 12.3. The van der Waals surface area contributed by atoms with Crippen LogP contribution in [0.1, 0.15) is 22.3 Å². The van der Waals surface area contributed by atoms with Crippen molar-refractivity contribution >= 4 is 167 Å². The molecular weight excluding hydrogens is 2030 g/mol. The summed E-state index contributed by atoms with van der Waals surface area (Å²) < 4.78 is 152. The number of aromatic nitrogens is 3. The minimum Gasteiger partial charge on any atom is -0.507 e. The zero-order valence-corrected chi connectivity index (χ0v) is 83.9. The molecule has 6 heterocycles. The molecule has 702 valence electrons. The Morgan fingerprint density at radius 2 is 0.818 bits per heavy atom. The number of halogens is 4. The van der Waals surface area contributed by atoms with E-state index in [9.17, 15) is 25.3 Å². The van der Waals surface area contributed by atoms with Crippen LogP contribution >= 0.6 is 93.4 Å². The molecule has 0 saturated heterocycles. The molecule has 28 nitrogen and oxygen atoms in total. The minimum absolute atomic E-state index is 0.114. The first-order chi connectivity index (χ1) is 64.0. The van der Waals surface area contributed by atoms with Crippen molar-refractivity contribution in [2.24, 2.45) is 0 Å². The second-order valence-corrected chi connectivity index (χ2v) is 39.0. The molecule has 10 aromatic carbocycles. The Morgan fingerprint density at radius 3 is 1.22 bits per heavy atom. The highest BCUT2D eigenvalue weighted by Crippen LogP contribution is 2.45. The number of ether oxygens (including phenoxy) is 12. The van der Waals surface area contributed by atoms with Crippen molar-refractivity contribution in [3.05, 3.63) is 295 Å². The van der Waals surface area contributed by atoms with Gasteiger partial charge < -0.3 is 77.1 Å². The van der Waals surface area contributed by atoms with Gasteiger partial charge in [-0.1, -0.05) is 120 Å². The van der Waals surface area contributed by atoms with Crippen LogP contribution in [0.4, 0.5) is 43.8 Å². The molecule has 3 aromatic heterocycles. The molecule has 0 fully saturated rings. The largest absolute Gasteiger partial charge is 0.507 e. The predicted molar refractivity (Wildman–Crippen MR) is 534 cm³/mol. The van der Waals surface area contributed by atoms with Crippen LogP contribution in [0.15, 0.2) is 287 Å². The molecule has 16 rings (SSSR count). The lowest BCUT2D eigenvalue weighted by Crippen LogP contribution is -2.32. The van der Waals surface area contributed by atoms with Crippen LogP contribution in [0, 0.1) is 13.8 Å². The molecule has 3 N–H and O–H groups in total. The summed E-state index contributed by atoms with van der Waals surface area (Å²) in [7, 11) is -3.28. The number of benzene rings is 10. The second kappa shape index (κ2) is 54.1. The molecule has 0 unspecified atom stereocenters. The summed E-state index contributed by atoms with van der Waals surface area (Å²) in [4.78, 5) is 17.1. The highest BCUT2D eigenvalue weighted by molar-refractivity contribution is 9.11. The maximum atomic E-state index is 13.9. The number of phenolic OH excluding ortho intramolecular Hbond substituents is 1. The van der Waals surface area contributed by atoms with Crippen LogP contribution in [0.3, 0.4) is 0 Å². The monoisotopic (exact) mass is 2130 g/mol. The number of para-hydroxylation sites is 7. The highest BCUT2D eigenvalue weighted by atomic mass is 79.9. The quantitative estimate of drug-likeness (QED) is 0.0254. The lowest BCUT2D eigenvalue weighted by Gasteiger charge is -2.33. The Kier molecular flexibility index (Phi) is 42.6. The van der Waals surface area contributed by atoms with E-state index in [1.807, 2.05) is 166 Å². The third-order valence-electron chi connectivity index (χ3n) is 18.8. The fraction of sp³-hybridized carbons (Fsp3) is 0.266. The van der Waals surface area contributed by atoms with Gasteiger partial charge in [0.1, 0.15) is 92.2 Å². The van der Waals surface area contributed by atoms with E-state index < -0.39 is 30.1 Å². The number of sulfonamides is 3. The molecule has 0 atom stereocenters. The first-order valence-corrected chi connectivity index (χ1v) is 51.0. The predicted octanol–water partition coefficient (Wildman–Crippen LogP) is 20.5. The average molecular weight is 2130 g/mol. The summed E-state index contributed by atoms with van der Waals surface area (Å²) in [6.45, 7) is 12.5. The van der Waals surface area contributed by atoms with Crippen LogP contribution in [0.5, 0.6) is 46.0 Å². The van der Waals surface area contributed by atoms with E-state index in [0.717, 1.165) is 87.1 Å². The van der Waals surface area contributed by atoms with Crippen LogP contribution in [0.2, 0.25) is 0 Å². The Balaban J connectivity index is 0.000000173. The average Bonchev–Trinajstić information content (AvgIpc) is 1.09. The SMILES string of the molecule is COCCCl.COCCOc1ccccc1Br.COCCOc1ccccc1Br.COCCOc1ccccc1N1CCOc2cc(S(=O)(=O)N(Cc3ccc(C)cc3)c3nccs3)ccc21.COCCOc1ccccc1N1CCOc2cc(S(=O)(=O)Nc3nccs3)ccc21.Cc1ccc(CN(c2nccs2)S(=O)(=O)c2ccc3c(c2)OCCN3)cc1.Oc1ccccc1Br. The first-order valence-electron chi connectivity index (χ1n) is 41.1. The molecule has 13 aromatic rings. The number of nitrogens with zero attached hydrogens (tertiary/aromatic N) is 7. The van der Waals surface area contributed by atoms with E-state index in [2.05, 4.69) is 87.3 Å². The lowest BCUT2D eigenvalue weighted by molar-refractivity contribution is 0.146. The third-order valence-corrected chi connectivity index (χ3v) is 28.4. The molecule has 0 saturated carbocycles. The van der Waals surface area contributed by atoms with Crippen LogP contribution < -0.4 is 61.6 Å². The van der Waals surface area contributed by atoms with Crippen molar-refractivity contribution in [1.82, 2.24) is 15.0 Å². The standard InChI is InChI=1S/C28H29N3O5S2.C20H21N3O5S2.C19H19N3O3S2.2C9H11BrO2.C6H5BrO.C3H7ClO/c1-21-7-9-22(10-8-21)20-31(28-29-13-18-37-28)38(32,33)23-11-12-25-27(19-23)35-15-14-30(25)24-5-3-4-6-26(24)36-17-16-34-2;1-26-11-12-28-18-5-3-2-4-16(18)23-9-10-27-19-14-15(6-7-17(19)23)30(24,25)22-20-21-8-13-29-20;1-14-2-4-15(5-3-14)13-22(19-21-9-11-26-19)27(23,24)16-6-7-17-18(12-16)25-10-8-20-17;2*1-11-6-7-12-9-5-3-2-4-8(9)10;7-5-3-1-2-4-6(5)8;1-5-3-2-4/h3-13,18-19H,14-17,20H2,1-2H3;2-8,13-14H,9-12H2,1H3,(H,21,22);2-7,9,11-12,20H,8,10,13H2,1H3;2*2-5H,6-7H2,1H3;1-4,8H;2-3H2,1H3. The van der Waals surface area contributed by atoms with Crippen molar-refractivity contribution in [2.45, 2.75) is 41.6 Å². The van der Waals surface area contributed by atoms with E-state index in [1.54, 1.807) is 137 Å². The number of fused-ring (bicyclic) bond motifs is 3. The molecule has 3 aliphatic rings. The normalized spacial score (nSPS) is 12.2. The number of rotatable bonds is 33. The minimum atomic E-state index is -3.93. The van der Waals surface area contributed by atoms with Crippen LogP contribution in [-0.4, -0.2) is 186 Å². The van der Waals surface area contributed by atoms with Gasteiger partial charge in [0.25, 0.3) is 30.1 Å². The van der Waals surface area contributed by atoms with Gasteiger partial charge in [-0.25, -0.2) is 48.8 Å². The van der Waals surface area contributed by atoms with Gasteiger partial charge in [0.05, 0.1) is 116 Å². The van der Waals surface area contributed by atoms with E-state index in [0.29, 0.717) is 137 Å². The number of nitrogens with one attached hydrogen (secondary N) is 2. The number of alkyl halides is 1. The highest BCUT2D eigenvalue weighted by Gasteiger charge is 2.33. The molecule has 38 heteroatoms. The topological polar surface area (TPSA) is 309 Å². The maximum absolute atomic E-state index is 13.9. The number of anilines is 8. The number of hydrogen-bond donors (Lipinski definition) is 3. The Labute approximate surface area is 813 Å².